The van der Waals surface area contributed by atoms with Gasteiger partial charge in [0.25, 0.3) is 0 Å². The molecule has 0 aliphatic heterocycles. The van der Waals surface area contributed by atoms with E-state index in [1.54, 1.807) is 11.3 Å². The average molecular weight is 268 g/mol. The lowest BCUT2D eigenvalue weighted by Gasteiger charge is -1.97. The molecule has 0 aliphatic rings. The van der Waals surface area contributed by atoms with E-state index >= 15 is 0 Å². The average Bonchev–Trinajstić information content (AvgIpc) is 2.61. The zero-order valence-electron chi connectivity index (χ0n) is 7.83. The van der Waals surface area contributed by atoms with Gasteiger partial charge < -0.3 is 0 Å². The van der Waals surface area contributed by atoms with Crippen LogP contribution < -0.4 is 0 Å². The molecule has 0 amide bonds. The van der Waals surface area contributed by atoms with Gasteiger partial charge in [0, 0.05) is 5.33 Å². The second-order valence-electron chi connectivity index (χ2n) is 3.01. The van der Waals surface area contributed by atoms with Crippen LogP contribution in [0.5, 0.6) is 0 Å². The third kappa shape index (κ3) is 1.88. The SMILES string of the molecule is Cc1nc(CBr)c(-c2ccccc2)s1. The molecular weight excluding hydrogens is 258 g/mol. The Labute approximate surface area is 95.9 Å². The molecule has 0 aliphatic carbocycles. The van der Waals surface area contributed by atoms with Crippen LogP contribution in [-0.2, 0) is 5.33 Å². The highest BCUT2D eigenvalue weighted by atomic mass is 79.9. The Morgan fingerprint density at radius 1 is 1.29 bits per heavy atom. The molecule has 0 fully saturated rings. The van der Waals surface area contributed by atoms with Crippen LogP contribution in [0, 0.1) is 6.92 Å². The quantitative estimate of drug-likeness (QED) is 0.750. The van der Waals surface area contributed by atoms with Gasteiger partial charge in [0.2, 0.25) is 0 Å². The van der Waals surface area contributed by atoms with Crippen molar-refractivity contribution in [3.8, 4) is 10.4 Å². The second kappa shape index (κ2) is 4.24. The molecule has 14 heavy (non-hydrogen) atoms. The molecule has 1 heterocycles. The lowest BCUT2D eigenvalue weighted by Crippen LogP contribution is -1.81. The third-order valence-electron chi connectivity index (χ3n) is 1.97. The van der Waals surface area contributed by atoms with E-state index in [9.17, 15) is 0 Å². The molecule has 1 nitrogen and oxygen atoms in total. The molecule has 0 radical (unpaired) electrons. The van der Waals surface area contributed by atoms with E-state index in [4.69, 9.17) is 0 Å². The first-order valence-corrected chi connectivity index (χ1v) is 6.32. The minimum atomic E-state index is 0.821. The van der Waals surface area contributed by atoms with Crippen molar-refractivity contribution in [1.29, 1.82) is 0 Å². The molecule has 2 aromatic rings. The normalized spacial score (nSPS) is 10.4. The van der Waals surface area contributed by atoms with Crippen molar-refractivity contribution in [2.24, 2.45) is 0 Å². The Balaban J connectivity index is 2.51. The van der Waals surface area contributed by atoms with E-state index in [1.165, 1.54) is 10.4 Å². The van der Waals surface area contributed by atoms with Crippen molar-refractivity contribution in [3.05, 3.63) is 41.0 Å². The fourth-order valence-electron chi connectivity index (χ4n) is 1.38. The molecule has 0 saturated carbocycles. The first-order valence-electron chi connectivity index (χ1n) is 4.39. The predicted molar refractivity (Wildman–Crippen MR) is 64.9 cm³/mol. The summed E-state index contributed by atoms with van der Waals surface area (Å²) >= 11 is 5.21. The number of hydrogen-bond donors (Lipinski definition) is 0. The highest BCUT2D eigenvalue weighted by Gasteiger charge is 2.08. The summed E-state index contributed by atoms with van der Waals surface area (Å²) in [5.74, 6) is 0. The maximum atomic E-state index is 4.48. The number of rotatable bonds is 2. The minimum absolute atomic E-state index is 0.821. The molecule has 1 aromatic heterocycles. The topological polar surface area (TPSA) is 12.9 Å². The predicted octanol–water partition coefficient (Wildman–Crippen LogP) is 4.01. The van der Waals surface area contributed by atoms with Gasteiger partial charge in [-0.15, -0.1) is 11.3 Å². The fraction of sp³-hybridized carbons (Fsp3) is 0.182. The summed E-state index contributed by atoms with van der Waals surface area (Å²) in [6.45, 7) is 2.04. The van der Waals surface area contributed by atoms with Crippen molar-refractivity contribution >= 4 is 27.3 Å². The lowest BCUT2D eigenvalue weighted by molar-refractivity contribution is 1.19. The maximum Gasteiger partial charge on any atom is 0.0904 e. The molecule has 0 bridgehead atoms. The number of hydrogen-bond acceptors (Lipinski definition) is 2. The Bertz CT molecular complexity index is 422. The third-order valence-corrected chi connectivity index (χ3v) is 3.56. The van der Waals surface area contributed by atoms with Crippen LogP contribution in [-0.4, -0.2) is 4.98 Å². The van der Waals surface area contributed by atoms with Gasteiger partial charge in [-0.25, -0.2) is 4.98 Å². The summed E-state index contributed by atoms with van der Waals surface area (Å²) < 4.78 is 0. The number of alkyl halides is 1. The monoisotopic (exact) mass is 267 g/mol. The van der Waals surface area contributed by atoms with Crippen LogP contribution in [0.2, 0.25) is 0 Å². The van der Waals surface area contributed by atoms with Crippen molar-refractivity contribution in [1.82, 2.24) is 4.98 Å². The van der Waals surface area contributed by atoms with Crippen LogP contribution in [0.1, 0.15) is 10.7 Å². The summed E-state index contributed by atoms with van der Waals surface area (Å²) in [4.78, 5) is 5.75. The zero-order chi connectivity index (χ0) is 9.97. The highest BCUT2D eigenvalue weighted by Crippen LogP contribution is 2.30. The summed E-state index contributed by atoms with van der Waals surface area (Å²) in [5.41, 5.74) is 2.39. The Hall–Kier alpha value is -0.670. The first kappa shape index (κ1) is 9.87. The van der Waals surface area contributed by atoms with Gasteiger partial charge in [-0.1, -0.05) is 46.3 Å². The van der Waals surface area contributed by atoms with E-state index in [2.05, 4.69) is 45.2 Å². The van der Waals surface area contributed by atoms with Gasteiger partial charge in [0.1, 0.15) is 0 Å². The van der Waals surface area contributed by atoms with Crippen LogP contribution in [0.3, 0.4) is 0 Å². The van der Waals surface area contributed by atoms with Crippen molar-refractivity contribution in [2.45, 2.75) is 12.3 Å². The first-order chi connectivity index (χ1) is 6.81. The van der Waals surface area contributed by atoms with Gasteiger partial charge in [-0.2, -0.15) is 0 Å². The van der Waals surface area contributed by atoms with Gasteiger partial charge in [0.15, 0.2) is 0 Å². The second-order valence-corrected chi connectivity index (χ2v) is 4.77. The molecule has 1 aromatic carbocycles. The summed E-state index contributed by atoms with van der Waals surface area (Å²) in [6.07, 6.45) is 0. The molecular formula is C11H10BrNS. The number of nitrogens with zero attached hydrogens (tertiary/aromatic N) is 1. The maximum absolute atomic E-state index is 4.48. The van der Waals surface area contributed by atoms with Crippen molar-refractivity contribution in [3.63, 3.8) is 0 Å². The molecule has 2 rings (SSSR count). The Morgan fingerprint density at radius 2 is 2.00 bits per heavy atom. The summed E-state index contributed by atoms with van der Waals surface area (Å²) in [7, 11) is 0. The Morgan fingerprint density at radius 3 is 2.64 bits per heavy atom. The summed E-state index contributed by atoms with van der Waals surface area (Å²) in [5, 5.41) is 1.94. The number of thiazole rings is 1. The number of halogens is 1. The van der Waals surface area contributed by atoms with Gasteiger partial charge in [-0.05, 0) is 12.5 Å². The van der Waals surface area contributed by atoms with Crippen LogP contribution >= 0.6 is 27.3 Å². The molecule has 3 heteroatoms. The van der Waals surface area contributed by atoms with Crippen molar-refractivity contribution in [2.75, 3.05) is 0 Å². The van der Waals surface area contributed by atoms with Gasteiger partial charge in [0.05, 0.1) is 15.6 Å². The highest BCUT2D eigenvalue weighted by molar-refractivity contribution is 9.08. The van der Waals surface area contributed by atoms with E-state index in [0.717, 1.165) is 16.0 Å². The van der Waals surface area contributed by atoms with Crippen molar-refractivity contribution < 1.29 is 0 Å². The van der Waals surface area contributed by atoms with E-state index in [1.807, 2.05) is 13.0 Å². The molecule has 0 atom stereocenters. The van der Waals surface area contributed by atoms with Crippen LogP contribution in [0.15, 0.2) is 30.3 Å². The summed E-state index contributed by atoms with van der Waals surface area (Å²) in [6, 6.07) is 10.4. The standard InChI is InChI=1S/C11H10BrNS/c1-8-13-10(7-12)11(14-8)9-5-3-2-4-6-9/h2-6H,7H2,1H3. The van der Waals surface area contributed by atoms with Gasteiger partial charge in [-0.3, -0.25) is 0 Å². The smallest absolute Gasteiger partial charge is 0.0904 e. The zero-order valence-corrected chi connectivity index (χ0v) is 10.2. The van der Waals surface area contributed by atoms with Crippen LogP contribution in [0.25, 0.3) is 10.4 Å². The van der Waals surface area contributed by atoms with E-state index < -0.39 is 0 Å². The fourth-order valence-corrected chi connectivity index (χ4v) is 2.91. The number of aryl methyl sites for hydroxylation is 1. The molecule has 0 unspecified atom stereocenters. The molecule has 0 saturated heterocycles. The number of benzene rings is 1. The minimum Gasteiger partial charge on any atom is -0.245 e. The molecule has 0 spiro atoms. The van der Waals surface area contributed by atoms with Gasteiger partial charge >= 0.3 is 0 Å². The lowest BCUT2D eigenvalue weighted by atomic mass is 10.2. The van der Waals surface area contributed by atoms with Crippen LogP contribution in [0.4, 0.5) is 0 Å². The Kier molecular flexibility index (Phi) is 2.99. The number of aromatic nitrogens is 1. The largest absolute Gasteiger partial charge is 0.245 e. The molecule has 72 valence electrons. The molecule has 0 N–H and O–H groups in total. The van der Waals surface area contributed by atoms with E-state index in [-0.39, 0.29) is 0 Å². The van der Waals surface area contributed by atoms with E-state index in [0.29, 0.717) is 0 Å².